The Labute approximate surface area is 106 Å². The van der Waals surface area contributed by atoms with Gasteiger partial charge in [0, 0.05) is 24.5 Å². The molecule has 2 nitrogen and oxygen atoms in total. The van der Waals surface area contributed by atoms with Gasteiger partial charge >= 0.3 is 0 Å². The molecule has 0 unspecified atom stereocenters. The molecule has 0 amide bonds. The number of rotatable bonds is 2. The van der Waals surface area contributed by atoms with Crippen LogP contribution in [0.4, 0.5) is 11.4 Å². The second-order valence-corrected chi connectivity index (χ2v) is 5.28. The molecule has 0 saturated heterocycles. The van der Waals surface area contributed by atoms with Crippen LogP contribution in [0.1, 0.15) is 17.5 Å². The SMILES string of the molecule is Nc1cccc2c1CCCN2Cc1ccsc1. The average molecular weight is 244 g/mol. The zero-order valence-corrected chi connectivity index (χ0v) is 10.5. The number of hydrogen-bond donors (Lipinski definition) is 1. The summed E-state index contributed by atoms with van der Waals surface area (Å²) < 4.78 is 0. The number of benzene rings is 1. The second-order valence-electron chi connectivity index (χ2n) is 4.50. The summed E-state index contributed by atoms with van der Waals surface area (Å²) in [5.41, 5.74) is 11.0. The van der Waals surface area contributed by atoms with Crippen molar-refractivity contribution in [1.29, 1.82) is 0 Å². The Bertz CT molecular complexity index is 505. The molecule has 1 aromatic heterocycles. The summed E-state index contributed by atoms with van der Waals surface area (Å²) in [7, 11) is 0. The average Bonchev–Trinajstić information content (AvgIpc) is 2.83. The Hall–Kier alpha value is -1.48. The number of anilines is 2. The quantitative estimate of drug-likeness (QED) is 0.821. The van der Waals surface area contributed by atoms with Gasteiger partial charge in [-0.25, -0.2) is 0 Å². The van der Waals surface area contributed by atoms with Crippen LogP contribution in [0.2, 0.25) is 0 Å². The molecule has 17 heavy (non-hydrogen) atoms. The van der Waals surface area contributed by atoms with Gasteiger partial charge in [-0.05, 0) is 52.9 Å². The van der Waals surface area contributed by atoms with Gasteiger partial charge in [-0.3, -0.25) is 0 Å². The van der Waals surface area contributed by atoms with Gasteiger partial charge in [-0.15, -0.1) is 0 Å². The third-order valence-corrected chi connectivity index (χ3v) is 4.07. The minimum atomic E-state index is 0.942. The van der Waals surface area contributed by atoms with Crippen LogP contribution in [0.5, 0.6) is 0 Å². The third-order valence-electron chi connectivity index (χ3n) is 3.34. The number of thiophene rings is 1. The molecule has 1 aliphatic rings. The Morgan fingerprint density at radius 1 is 1.29 bits per heavy atom. The largest absolute Gasteiger partial charge is 0.398 e. The molecule has 3 heteroatoms. The monoisotopic (exact) mass is 244 g/mol. The lowest BCUT2D eigenvalue weighted by atomic mass is 9.99. The number of nitrogens with two attached hydrogens (primary N) is 1. The Balaban J connectivity index is 1.92. The van der Waals surface area contributed by atoms with Crippen LogP contribution >= 0.6 is 11.3 Å². The lowest BCUT2D eigenvalue weighted by molar-refractivity contribution is 0.693. The van der Waals surface area contributed by atoms with Crippen LogP contribution in [0.15, 0.2) is 35.0 Å². The van der Waals surface area contributed by atoms with Crippen molar-refractivity contribution >= 4 is 22.7 Å². The van der Waals surface area contributed by atoms with Gasteiger partial charge in [0.2, 0.25) is 0 Å². The summed E-state index contributed by atoms with van der Waals surface area (Å²) in [6.07, 6.45) is 2.31. The fourth-order valence-electron chi connectivity index (χ4n) is 2.50. The van der Waals surface area contributed by atoms with Gasteiger partial charge in [0.1, 0.15) is 0 Å². The normalized spacial score (nSPS) is 14.7. The van der Waals surface area contributed by atoms with Crippen molar-refractivity contribution in [2.45, 2.75) is 19.4 Å². The molecule has 2 N–H and O–H groups in total. The zero-order chi connectivity index (χ0) is 11.7. The van der Waals surface area contributed by atoms with Crippen LogP contribution < -0.4 is 10.6 Å². The molecule has 1 aliphatic heterocycles. The summed E-state index contributed by atoms with van der Waals surface area (Å²) in [5, 5.41) is 4.36. The maximum absolute atomic E-state index is 6.05. The molecule has 2 heterocycles. The first-order valence-corrected chi connectivity index (χ1v) is 6.92. The molecule has 0 bridgehead atoms. The Morgan fingerprint density at radius 3 is 3.06 bits per heavy atom. The van der Waals surface area contributed by atoms with Gasteiger partial charge in [0.05, 0.1) is 0 Å². The lowest BCUT2D eigenvalue weighted by Gasteiger charge is -2.31. The molecule has 0 radical (unpaired) electrons. The number of nitrogen functional groups attached to an aromatic ring is 1. The van der Waals surface area contributed by atoms with Gasteiger partial charge < -0.3 is 10.6 Å². The first kappa shape index (κ1) is 10.7. The van der Waals surface area contributed by atoms with E-state index in [0.717, 1.165) is 25.2 Å². The molecular formula is C14H16N2S. The molecular weight excluding hydrogens is 228 g/mol. The van der Waals surface area contributed by atoms with E-state index in [9.17, 15) is 0 Å². The molecule has 0 saturated carbocycles. The van der Waals surface area contributed by atoms with Crippen molar-refractivity contribution in [3.05, 3.63) is 46.2 Å². The molecule has 88 valence electrons. The smallest absolute Gasteiger partial charge is 0.0437 e. The third kappa shape index (κ3) is 2.03. The van der Waals surface area contributed by atoms with Gasteiger partial charge in [-0.1, -0.05) is 6.07 Å². The van der Waals surface area contributed by atoms with Crippen molar-refractivity contribution in [2.75, 3.05) is 17.2 Å². The molecule has 0 atom stereocenters. The summed E-state index contributed by atoms with van der Waals surface area (Å²) >= 11 is 1.76. The maximum Gasteiger partial charge on any atom is 0.0437 e. The highest BCUT2D eigenvalue weighted by molar-refractivity contribution is 7.07. The minimum Gasteiger partial charge on any atom is -0.398 e. The predicted octanol–water partition coefficient (Wildman–Crippen LogP) is 3.28. The van der Waals surface area contributed by atoms with Gasteiger partial charge in [0.25, 0.3) is 0 Å². The molecule has 0 fully saturated rings. The van der Waals surface area contributed by atoms with Crippen LogP contribution in [0, 0.1) is 0 Å². The van der Waals surface area contributed by atoms with E-state index in [2.05, 4.69) is 33.9 Å². The Morgan fingerprint density at radius 2 is 2.24 bits per heavy atom. The standard InChI is InChI=1S/C14H16N2S/c15-13-4-1-5-14-12(13)3-2-7-16(14)9-11-6-8-17-10-11/h1,4-6,8,10H,2-3,7,9,15H2. The number of hydrogen-bond acceptors (Lipinski definition) is 3. The maximum atomic E-state index is 6.05. The van der Waals surface area contributed by atoms with E-state index in [1.54, 1.807) is 11.3 Å². The summed E-state index contributed by atoms with van der Waals surface area (Å²) in [6, 6.07) is 8.45. The van der Waals surface area contributed by atoms with Crippen molar-refractivity contribution in [2.24, 2.45) is 0 Å². The van der Waals surface area contributed by atoms with Crippen molar-refractivity contribution in [3.8, 4) is 0 Å². The zero-order valence-electron chi connectivity index (χ0n) is 9.73. The minimum absolute atomic E-state index is 0.942. The second kappa shape index (κ2) is 4.41. The topological polar surface area (TPSA) is 29.3 Å². The van der Waals surface area contributed by atoms with Crippen LogP contribution in [0.3, 0.4) is 0 Å². The van der Waals surface area contributed by atoms with E-state index in [4.69, 9.17) is 5.73 Å². The first-order valence-electron chi connectivity index (χ1n) is 5.98. The summed E-state index contributed by atoms with van der Waals surface area (Å²) in [5.74, 6) is 0. The van der Waals surface area contributed by atoms with E-state index in [1.165, 1.54) is 23.2 Å². The van der Waals surface area contributed by atoms with Crippen LogP contribution in [-0.4, -0.2) is 6.54 Å². The van der Waals surface area contributed by atoms with Crippen LogP contribution in [0.25, 0.3) is 0 Å². The van der Waals surface area contributed by atoms with E-state index < -0.39 is 0 Å². The molecule has 2 aromatic rings. The van der Waals surface area contributed by atoms with Crippen LogP contribution in [-0.2, 0) is 13.0 Å². The fourth-order valence-corrected chi connectivity index (χ4v) is 3.15. The molecule has 3 rings (SSSR count). The molecule has 0 aliphatic carbocycles. The van der Waals surface area contributed by atoms with Crippen molar-refractivity contribution < 1.29 is 0 Å². The van der Waals surface area contributed by atoms with E-state index >= 15 is 0 Å². The molecule has 0 spiro atoms. The fraction of sp³-hybridized carbons (Fsp3) is 0.286. The molecule has 1 aromatic carbocycles. The summed E-state index contributed by atoms with van der Waals surface area (Å²) in [6.45, 7) is 2.13. The highest BCUT2D eigenvalue weighted by Crippen LogP contribution is 2.32. The lowest BCUT2D eigenvalue weighted by Crippen LogP contribution is -2.29. The highest BCUT2D eigenvalue weighted by Gasteiger charge is 2.18. The predicted molar refractivity (Wildman–Crippen MR) is 74.5 cm³/mol. The van der Waals surface area contributed by atoms with E-state index in [1.807, 2.05) is 6.07 Å². The highest BCUT2D eigenvalue weighted by atomic mass is 32.1. The summed E-state index contributed by atoms with van der Waals surface area (Å²) in [4.78, 5) is 2.44. The van der Waals surface area contributed by atoms with Crippen molar-refractivity contribution in [1.82, 2.24) is 0 Å². The van der Waals surface area contributed by atoms with Gasteiger partial charge in [-0.2, -0.15) is 11.3 Å². The first-order chi connectivity index (χ1) is 8.34. The number of fused-ring (bicyclic) bond motifs is 1. The van der Waals surface area contributed by atoms with Gasteiger partial charge in [0.15, 0.2) is 0 Å². The van der Waals surface area contributed by atoms with E-state index in [0.29, 0.717) is 0 Å². The van der Waals surface area contributed by atoms with Crippen molar-refractivity contribution in [3.63, 3.8) is 0 Å². The number of nitrogens with zero attached hydrogens (tertiary/aromatic N) is 1. The van der Waals surface area contributed by atoms with E-state index in [-0.39, 0.29) is 0 Å². The Kier molecular flexibility index (Phi) is 2.77.